The van der Waals surface area contributed by atoms with Crippen LogP contribution in [-0.2, 0) is 4.79 Å². The number of anilines is 1. The summed E-state index contributed by atoms with van der Waals surface area (Å²) in [6.45, 7) is 4.25. The Morgan fingerprint density at radius 3 is 2.85 bits per heavy atom. The summed E-state index contributed by atoms with van der Waals surface area (Å²) in [5.74, 6) is 1.87. The van der Waals surface area contributed by atoms with Crippen molar-refractivity contribution in [1.29, 1.82) is 5.41 Å². The van der Waals surface area contributed by atoms with Crippen LogP contribution >= 0.6 is 0 Å². The van der Waals surface area contributed by atoms with Crippen molar-refractivity contribution in [1.82, 2.24) is 14.5 Å². The number of hydrogen-bond acceptors (Lipinski definition) is 4. The standard InChI is InChI=1S/C28H33N5O.2H2/c1-3-21(12-15-29)22-7-6-8-24(11-10-22)28(34)31-27-19-25(23-13-17-32(2)18-14-23)20-33(27)26-9-4-5-16-30-26;;/h4-9,11-12,15-16,19-20,23,29H,3,10,13-14,17-18H2,1-2H3,(H,31,34);2*1H/b21-12+,29-15?;;. The second kappa shape index (κ2) is 11.1. The number of nitrogens with zero attached hydrogens (tertiary/aromatic N) is 3. The summed E-state index contributed by atoms with van der Waals surface area (Å²) in [5.41, 5.74) is 4.12. The highest BCUT2D eigenvalue weighted by Gasteiger charge is 2.22. The number of carbonyl (C=O) groups excluding carboxylic acids is 1. The molecule has 34 heavy (non-hydrogen) atoms. The van der Waals surface area contributed by atoms with Crippen molar-refractivity contribution < 1.29 is 7.65 Å². The van der Waals surface area contributed by atoms with Crippen LogP contribution < -0.4 is 5.32 Å². The lowest BCUT2D eigenvalue weighted by atomic mass is 9.91. The van der Waals surface area contributed by atoms with Crippen LogP contribution in [-0.4, -0.2) is 46.7 Å². The first kappa shape index (κ1) is 23.6. The van der Waals surface area contributed by atoms with Crippen LogP contribution in [0.3, 0.4) is 0 Å². The first-order valence-electron chi connectivity index (χ1n) is 12.0. The number of hydrogen-bond donors (Lipinski definition) is 2. The van der Waals surface area contributed by atoms with Gasteiger partial charge in [-0.05, 0) is 98.8 Å². The monoisotopic (exact) mass is 459 g/mol. The van der Waals surface area contributed by atoms with Crippen LogP contribution in [0, 0.1) is 5.41 Å². The Bertz CT molecular complexity index is 1160. The van der Waals surface area contributed by atoms with Gasteiger partial charge in [0, 0.05) is 27.0 Å². The molecule has 1 fully saturated rings. The number of likely N-dealkylation sites (tertiary alicyclic amines) is 1. The van der Waals surface area contributed by atoms with Crippen molar-refractivity contribution in [2.24, 2.45) is 0 Å². The van der Waals surface area contributed by atoms with Gasteiger partial charge in [-0.1, -0.05) is 31.2 Å². The molecule has 2 N–H and O–H groups in total. The van der Waals surface area contributed by atoms with Gasteiger partial charge in [-0.25, -0.2) is 4.98 Å². The van der Waals surface area contributed by atoms with E-state index in [0.29, 0.717) is 17.9 Å². The van der Waals surface area contributed by atoms with E-state index in [9.17, 15) is 4.79 Å². The zero-order chi connectivity index (χ0) is 23.9. The maximum atomic E-state index is 13.3. The van der Waals surface area contributed by atoms with Crippen LogP contribution in [0.5, 0.6) is 0 Å². The molecular weight excluding hydrogens is 422 g/mol. The Labute approximate surface area is 204 Å². The summed E-state index contributed by atoms with van der Waals surface area (Å²) in [4.78, 5) is 20.1. The minimum Gasteiger partial charge on any atom is -0.309 e. The van der Waals surface area contributed by atoms with E-state index in [1.807, 2.05) is 53.1 Å². The number of allylic oxidation sites excluding steroid dienone is 6. The molecular formula is C28H37N5O. The smallest absolute Gasteiger partial charge is 0.256 e. The predicted molar refractivity (Wildman–Crippen MR) is 143 cm³/mol. The second-order valence-corrected chi connectivity index (χ2v) is 8.88. The first-order valence-corrected chi connectivity index (χ1v) is 12.0. The lowest BCUT2D eigenvalue weighted by Gasteiger charge is -2.28. The van der Waals surface area contributed by atoms with E-state index < -0.39 is 0 Å². The van der Waals surface area contributed by atoms with E-state index in [0.717, 1.165) is 55.1 Å². The highest BCUT2D eigenvalue weighted by molar-refractivity contribution is 6.05. The molecule has 0 atom stereocenters. The minimum absolute atomic E-state index is 0. The van der Waals surface area contributed by atoms with Crippen molar-refractivity contribution in [3.05, 3.63) is 89.3 Å². The molecule has 6 nitrogen and oxygen atoms in total. The van der Waals surface area contributed by atoms with Crippen molar-refractivity contribution in [3.8, 4) is 5.82 Å². The number of carbonyl (C=O) groups is 1. The number of rotatable bonds is 7. The maximum absolute atomic E-state index is 13.3. The van der Waals surface area contributed by atoms with Crippen LogP contribution in [0.15, 0.2) is 83.8 Å². The average molecular weight is 460 g/mol. The molecule has 1 amide bonds. The van der Waals surface area contributed by atoms with Gasteiger partial charge in [-0.2, -0.15) is 0 Å². The quantitative estimate of drug-likeness (QED) is 0.506. The fourth-order valence-corrected chi connectivity index (χ4v) is 4.60. The third-order valence-corrected chi connectivity index (χ3v) is 6.62. The molecule has 4 rings (SSSR count). The predicted octanol–water partition coefficient (Wildman–Crippen LogP) is 5.91. The van der Waals surface area contributed by atoms with Gasteiger partial charge in [0.2, 0.25) is 0 Å². The highest BCUT2D eigenvalue weighted by atomic mass is 16.1. The highest BCUT2D eigenvalue weighted by Crippen LogP contribution is 2.32. The zero-order valence-electron chi connectivity index (χ0n) is 20.0. The van der Waals surface area contributed by atoms with Crippen LogP contribution in [0.2, 0.25) is 0 Å². The van der Waals surface area contributed by atoms with Crippen molar-refractivity contribution in [2.45, 2.75) is 38.5 Å². The Morgan fingerprint density at radius 1 is 1.32 bits per heavy atom. The first-order chi connectivity index (χ1) is 16.6. The zero-order valence-corrected chi connectivity index (χ0v) is 20.0. The molecule has 0 bridgehead atoms. The Kier molecular flexibility index (Phi) is 7.70. The van der Waals surface area contributed by atoms with Crippen LogP contribution in [0.4, 0.5) is 5.82 Å². The Hall–Kier alpha value is -3.51. The lowest BCUT2D eigenvalue weighted by Crippen LogP contribution is -2.29. The fourth-order valence-electron chi connectivity index (χ4n) is 4.60. The van der Waals surface area contributed by atoms with E-state index in [1.54, 1.807) is 6.20 Å². The lowest BCUT2D eigenvalue weighted by molar-refractivity contribution is -0.112. The average Bonchev–Trinajstić information content (AvgIpc) is 3.11. The van der Waals surface area contributed by atoms with Gasteiger partial charge >= 0.3 is 0 Å². The molecule has 1 aliphatic heterocycles. The van der Waals surface area contributed by atoms with Crippen molar-refractivity contribution in [3.63, 3.8) is 0 Å². The summed E-state index contributed by atoms with van der Waals surface area (Å²) in [6.07, 6.45) is 18.5. The van der Waals surface area contributed by atoms with Gasteiger partial charge < -0.3 is 15.6 Å². The van der Waals surface area contributed by atoms with Crippen LogP contribution in [0.25, 0.3) is 5.82 Å². The van der Waals surface area contributed by atoms with Gasteiger partial charge in [0.05, 0.1) is 0 Å². The third-order valence-electron chi connectivity index (χ3n) is 6.62. The third kappa shape index (κ3) is 5.51. The molecule has 0 saturated carbocycles. The van der Waals surface area contributed by atoms with E-state index in [2.05, 4.69) is 41.4 Å². The summed E-state index contributed by atoms with van der Waals surface area (Å²) < 4.78 is 1.98. The molecule has 0 spiro atoms. The van der Waals surface area contributed by atoms with E-state index in [4.69, 9.17) is 5.41 Å². The van der Waals surface area contributed by atoms with Gasteiger partial charge in [0.15, 0.2) is 0 Å². The molecule has 6 heteroatoms. The van der Waals surface area contributed by atoms with Gasteiger partial charge in [0.1, 0.15) is 11.6 Å². The summed E-state index contributed by atoms with van der Waals surface area (Å²) in [5, 5.41) is 10.5. The fraction of sp³-hybridized carbons (Fsp3) is 0.321. The molecule has 2 aromatic heterocycles. The molecule has 2 aliphatic rings. The number of pyridine rings is 1. The van der Waals surface area contributed by atoms with Crippen LogP contribution in [0.1, 0.15) is 46.9 Å². The molecule has 1 saturated heterocycles. The number of piperidine rings is 1. The number of amides is 1. The minimum atomic E-state index is -0.134. The van der Waals surface area contributed by atoms with E-state index in [1.165, 1.54) is 11.8 Å². The Morgan fingerprint density at radius 2 is 2.15 bits per heavy atom. The molecule has 0 radical (unpaired) electrons. The normalized spacial score (nSPS) is 17.6. The molecule has 1 aliphatic carbocycles. The Balaban J connectivity index is 0.00000228. The molecule has 0 aromatic carbocycles. The maximum Gasteiger partial charge on any atom is 0.256 e. The number of aromatic nitrogens is 2. The summed E-state index contributed by atoms with van der Waals surface area (Å²) in [7, 11) is 2.17. The van der Waals surface area contributed by atoms with Gasteiger partial charge in [0.25, 0.3) is 5.91 Å². The topological polar surface area (TPSA) is 74.0 Å². The molecule has 0 unspecified atom stereocenters. The van der Waals surface area contributed by atoms with Crippen molar-refractivity contribution >= 4 is 17.9 Å². The summed E-state index contributed by atoms with van der Waals surface area (Å²) >= 11 is 0. The SMILES string of the molecule is CC/C(=C\C=N)C1=CC=CC(C(=O)Nc2cc(C3CCN(C)CC3)cn2-c2ccccn2)=CC1.[HH].[HH]. The largest absolute Gasteiger partial charge is 0.309 e. The van der Waals surface area contributed by atoms with Crippen molar-refractivity contribution in [2.75, 3.05) is 25.5 Å². The van der Waals surface area contributed by atoms with Gasteiger partial charge in [-0.15, -0.1) is 0 Å². The molecule has 3 heterocycles. The number of nitrogens with one attached hydrogen (secondary N) is 2. The molecule has 2 aromatic rings. The van der Waals surface area contributed by atoms with E-state index >= 15 is 0 Å². The molecule has 180 valence electrons. The second-order valence-electron chi connectivity index (χ2n) is 8.88. The van der Waals surface area contributed by atoms with E-state index in [-0.39, 0.29) is 8.76 Å². The summed E-state index contributed by atoms with van der Waals surface area (Å²) in [6, 6.07) is 7.92. The van der Waals surface area contributed by atoms with Gasteiger partial charge in [-0.3, -0.25) is 9.36 Å².